The fourth-order valence-electron chi connectivity index (χ4n) is 2.82. The molecule has 0 aliphatic carbocycles. The number of aryl methyl sites for hydroxylation is 1. The van der Waals surface area contributed by atoms with Crippen LogP contribution in [0.2, 0.25) is 0 Å². The highest BCUT2D eigenvalue weighted by Gasteiger charge is 2.24. The minimum Gasteiger partial charge on any atom is -0.325 e. The first kappa shape index (κ1) is 14.7. The summed E-state index contributed by atoms with van der Waals surface area (Å²) in [6.45, 7) is 3.09. The Morgan fingerprint density at radius 1 is 1.45 bits per heavy atom. The molecule has 2 atom stereocenters. The number of rotatable bonds is 3. The maximum Gasteiger partial charge on any atom is 0.241 e. The Balaban J connectivity index is 1.73. The summed E-state index contributed by atoms with van der Waals surface area (Å²) in [6, 6.07) is 7.58. The van der Waals surface area contributed by atoms with Crippen molar-refractivity contribution in [3.63, 3.8) is 0 Å². The molecule has 22 heavy (non-hydrogen) atoms. The average Bonchev–Trinajstić information content (AvgIpc) is 2.94. The zero-order valence-electron chi connectivity index (χ0n) is 12.9. The molecule has 1 aliphatic rings. The number of anilines is 1. The van der Waals surface area contributed by atoms with Gasteiger partial charge in [-0.25, -0.2) is 0 Å². The van der Waals surface area contributed by atoms with E-state index in [2.05, 4.69) is 27.8 Å². The van der Waals surface area contributed by atoms with Gasteiger partial charge < -0.3 is 15.2 Å². The zero-order chi connectivity index (χ0) is 15.5. The molecule has 1 aliphatic heterocycles. The summed E-state index contributed by atoms with van der Waals surface area (Å²) in [5.74, 6) is 1.39. The molecular weight excluding hydrogens is 278 g/mol. The van der Waals surface area contributed by atoms with Crippen LogP contribution in [0, 0.1) is 5.92 Å². The van der Waals surface area contributed by atoms with Crippen LogP contribution in [0.1, 0.15) is 19.8 Å². The quantitative estimate of drug-likeness (QED) is 0.906. The second-order valence-corrected chi connectivity index (χ2v) is 5.97. The topological polar surface area (TPSA) is 71.8 Å². The number of carbonyl (C=O) groups is 1. The molecule has 1 fully saturated rings. The molecule has 1 aromatic carbocycles. The van der Waals surface area contributed by atoms with Crippen molar-refractivity contribution in [1.29, 1.82) is 0 Å². The van der Waals surface area contributed by atoms with E-state index in [-0.39, 0.29) is 11.9 Å². The molecule has 1 saturated heterocycles. The highest BCUT2D eigenvalue weighted by molar-refractivity contribution is 5.95. The fourth-order valence-corrected chi connectivity index (χ4v) is 2.82. The Labute approximate surface area is 129 Å². The van der Waals surface area contributed by atoms with Crippen LogP contribution in [0.4, 0.5) is 5.69 Å². The molecular formula is C16H21N5O. The van der Waals surface area contributed by atoms with Crippen LogP contribution in [0.3, 0.4) is 0 Å². The monoisotopic (exact) mass is 299 g/mol. The number of carbonyl (C=O) groups excluding carboxylic acids is 1. The summed E-state index contributed by atoms with van der Waals surface area (Å²) in [6.07, 6.45) is 3.67. The number of aromatic nitrogens is 3. The van der Waals surface area contributed by atoms with Gasteiger partial charge in [0.1, 0.15) is 6.33 Å². The van der Waals surface area contributed by atoms with E-state index in [1.54, 1.807) is 6.33 Å². The Morgan fingerprint density at radius 3 is 3.05 bits per heavy atom. The lowest BCUT2D eigenvalue weighted by molar-refractivity contribution is -0.119. The van der Waals surface area contributed by atoms with Crippen LogP contribution in [0.5, 0.6) is 0 Å². The Kier molecular flexibility index (Phi) is 4.20. The standard InChI is InChI=1S/C16H21N5O/c1-11-6-7-17-14(8-11)16(22)19-13-5-3-4-12(9-13)15-20-18-10-21(15)2/h3-5,9-11,14,17H,6-8H2,1-2H3,(H,19,22). The molecule has 1 amide bonds. The molecule has 6 heteroatoms. The van der Waals surface area contributed by atoms with Crippen LogP contribution < -0.4 is 10.6 Å². The minimum atomic E-state index is -0.109. The van der Waals surface area contributed by atoms with Crippen LogP contribution in [-0.4, -0.2) is 33.3 Å². The molecule has 0 spiro atoms. The fraction of sp³-hybridized carbons (Fsp3) is 0.438. The lowest BCUT2D eigenvalue weighted by Crippen LogP contribution is -2.45. The lowest BCUT2D eigenvalue weighted by Gasteiger charge is -2.27. The van der Waals surface area contributed by atoms with Gasteiger partial charge in [-0.15, -0.1) is 10.2 Å². The Morgan fingerprint density at radius 2 is 2.32 bits per heavy atom. The maximum atomic E-state index is 12.4. The Bertz CT molecular complexity index is 666. The molecule has 2 heterocycles. The number of hydrogen-bond acceptors (Lipinski definition) is 4. The minimum absolute atomic E-state index is 0.0293. The summed E-state index contributed by atoms with van der Waals surface area (Å²) in [5.41, 5.74) is 1.72. The van der Waals surface area contributed by atoms with Gasteiger partial charge in [0.05, 0.1) is 6.04 Å². The number of hydrogen-bond donors (Lipinski definition) is 2. The van der Waals surface area contributed by atoms with Gasteiger partial charge in [-0.05, 0) is 37.4 Å². The van der Waals surface area contributed by atoms with Crippen LogP contribution in [-0.2, 0) is 11.8 Å². The number of amides is 1. The van der Waals surface area contributed by atoms with Crippen molar-refractivity contribution in [2.24, 2.45) is 13.0 Å². The summed E-state index contributed by atoms with van der Waals surface area (Å²) in [4.78, 5) is 12.4. The van der Waals surface area contributed by atoms with E-state index >= 15 is 0 Å². The molecule has 0 radical (unpaired) electrons. The van der Waals surface area contributed by atoms with Gasteiger partial charge in [0, 0.05) is 18.3 Å². The molecule has 0 saturated carbocycles. The molecule has 2 N–H and O–H groups in total. The smallest absolute Gasteiger partial charge is 0.241 e. The number of piperidine rings is 1. The Hall–Kier alpha value is -2.21. The third-order valence-electron chi connectivity index (χ3n) is 4.08. The van der Waals surface area contributed by atoms with Gasteiger partial charge >= 0.3 is 0 Å². The molecule has 6 nitrogen and oxygen atoms in total. The molecule has 2 aromatic rings. The van der Waals surface area contributed by atoms with E-state index in [4.69, 9.17) is 0 Å². The summed E-state index contributed by atoms with van der Waals surface area (Å²) in [7, 11) is 1.90. The highest BCUT2D eigenvalue weighted by atomic mass is 16.2. The van der Waals surface area contributed by atoms with Gasteiger partial charge in [0.15, 0.2) is 5.82 Å². The zero-order valence-corrected chi connectivity index (χ0v) is 12.9. The molecule has 116 valence electrons. The lowest BCUT2D eigenvalue weighted by atomic mass is 9.94. The first-order valence-corrected chi connectivity index (χ1v) is 7.62. The molecule has 0 bridgehead atoms. The normalized spacial score (nSPS) is 21.5. The van der Waals surface area contributed by atoms with Crippen LogP contribution in [0.15, 0.2) is 30.6 Å². The molecule has 3 rings (SSSR count). The van der Waals surface area contributed by atoms with Gasteiger partial charge in [-0.1, -0.05) is 19.1 Å². The predicted molar refractivity (Wildman–Crippen MR) is 85.3 cm³/mol. The maximum absolute atomic E-state index is 12.4. The predicted octanol–water partition coefficient (Wildman–Crippen LogP) is 1.81. The first-order valence-electron chi connectivity index (χ1n) is 7.62. The van der Waals surface area contributed by atoms with Crippen molar-refractivity contribution in [1.82, 2.24) is 20.1 Å². The van der Waals surface area contributed by atoms with E-state index < -0.39 is 0 Å². The van der Waals surface area contributed by atoms with Crippen molar-refractivity contribution in [3.05, 3.63) is 30.6 Å². The summed E-state index contributed by atoms with van der Waals surface area (Å²) in [5, 5.41) is 14.3. The van der Waals surface area contributed by atoms with E-state index in [0.29, 0.717) is 5.92 Å². The van der Waals surface area contributed by atoms with Crippen LogP contribution in [0.25, 0.3) is 11.4 Å². The van der Waals surface area contributed by atoms with Crippen molar-refractivity contribution >= 4 is 11.6 Å². The number of nitrogens with one attached hydrogen (secondary N) is 2. The first-order chi connectivity index (χ1) is 10.6. The van der Waals surface area contributed by atoms with Gasteiger partial charge in [0.2, 0.25) is 5.91 Å². The van der Waals surface area contributed by atoms with E-state index in [0.717, 1.165) is 36.5 Å². The third kappa shape index (κ3) is 3.17. The largest absolute Gasteiger partial charge is 0.325 e. The summed E-state index contributed by atoms with van der Waals surface area (Å²) < 4.78 is 1.85. The SMILES string of the molecule is CC1CCNC(C(=O)Nc2cccc(-c3nncn3C)c2)C1. The second-order valence-electron chi connectivity index (χ2n) is 5.97. The highest BCUT2D eigenvalue weighted by Crippen LogP contribution is 2.21. The van der Waals surface area contributed by atoms with Gasteiger partial charge in [-0.3, -0.25) is 4.79 Å². The number of benzene rings is 1. The van der Waals surface area contributed by atoms with E-state index in [1.165, 1.54) is 0 Å². The molecule has 1 aromatic heterocycles. The van der Waals surface area contributed by atoms with E-state index in [9.17, 15) is 4.79 Å². The van der Waals surface area contributed by atoms with E-state index in [1.807, 2.05) is 35.9 Å². The van der Waals surface area contributed by atoms with Crippen molar-refractivity contribution in [2.75, 3.05) is 11.9 Å². The van der Waals surface area contributed by atoms with Crippen molar-refractivity contribution in [2.45, 2.75) is 25.8 Å². The second kappa shape index (κ2) is 6.27. The van der Waals surface area contributed by atoms with Gasteiger partial charge in [0.25, 0.3) is 0 Å². The third-order valence-corrected chi connectivity index (χ3v) is 4.08. The van der Waals surface area contributed by atoms with Crippen molar-refractivity contribution < 1.29 is 4.79 Å². The summed E-state index contributed by atoms with van der Waals surface area (Å²) >= 11 is 0. The molecule has 2 unspecified atom stereocenters. The van der Waals surface area contributed by atoms with Gasteiger partial charge in [-0.2, -0.15) is 0 Å². The average molecular weight is 299 g/mol. The number of nitrogens with zero attached hydrogens (tertiary/aromatic N) is 3. The van der Waals surface area contributed by atoms with Crippen LogP contribution >= 0.6 is 0 Å². The van der Waals surface area contributed by atoms with Crippen molar-refractivity contribution in [3.8, 4) is 11.4 Å².